The quantitative estimate of drug-likeness (QED) is 0.707. The molecule has 0 radical (unpaired) electrons. The minimum absolute atomic E-state index is 0.352. The van der Waals surface area contributed by atoms with Gasteiger partial charge in [-0.1, -0.05) is 42.4 Å². The average Bonchev–Trinajstić information content (AvgIpc) is 2.67. The molecule has 28 heavy (non-hydrogen) atoms. The Hall–Kier alpha value is -2.37. The van der Waals surface area contributed by atoms with Crippen molar-refractivity contribution in [3.63, 3.8) is 0 Å². The van der Waals surface area contributed by atoms with E-state index in [0.29, 0.717) is 36.5 Å². The standard InChI is InChI=1S/C22H23ClFNO3/c1-15(26)11-12-22(18-5-9-20(24)10-6-18)13-14-25(21(27)28-22)16(2)17-3-7-19(23)8-4-17/h3-10,15,26H,2,11-14H2,1H3/t15?,22-/m1/s1. The number of aliphatic hydroxyl groups excluding tert-OH is 1. The Balaban J connectivity index is 1.83. The molecule has 1 aliphatic rings. The number of rotatable bonds is 6. The molecular weight excluding hydrogens is 381 g/mol. The lowest BCUT2D eigenvalue weighted by atomic mass is 9.84. The number of nitrogens with zero attached hydrogens (tertiary/aromatic N) is 1. The monoisotopic (exact) mass is 403 g/mol. The second kappa shape index (κ2) is 8.33. The number of hydrogen-bond acceptors (Lipinski definition) is 3. The highest BCUT2D eigenvalue weighted by Gasteiger charge is 2.42. The molecule has 3 rings (SSSR count). The van der Waals surface area contributed by atoms with Crippen LogP contribution in [0.2, 0.25) is 5.02 Å². The molecule has 1 fully saturated rings. The van der Waals surface area contributed by atoms with Crippen LogP contribution in [0.3, 0.4) is 0 Å². The van der Waals surface area contributed by atoms with Crippen LogP contribution < -0.4 is 0 Å². The smallest absolute Gasteiger partial charge is 0.415 e. The van der Waals surface area contributed by atoms with Gasteiger partial charge in [0.05, 0.1) is 6.10 Å². The number of halogens is 2. The van der Waals surface area contributed by atoms with Gasteiger partial charge < -0.3 is 9.84 Å². The highest BCUT2D eigenvalue weighted by Crippen LogP contribution is 2.40. The zero-order valence-corrected chi connectivity index (χ0v) is 16.5. The number of amides is 1. The fourth-order valence-corrected chi connectivity index (χ4v) is 3.55. The summed E-state index contributed by atoms with van der Waals surface area (Å²) >= 11 is 5.93. The highest BCUT2D eigenvalue weighted by atomic mass is 35.5. The maximum atomic E-state index is 13.4. The van der Waals surface area contributed by atoms with Gasteiger partial charge in [-0.2, -0.15) is 0 Å². The molecule has 2 aromatic carbocycles. The van der Waals surface area contributed by atoms with Crippen LogP contribution in [-0.4, -0.2) is 28.7 Å². The van der Waals surface area contributed by atoms with Gasteiger partial charge in [0.2, 0.25) is 0 Å². The number of benzene rings is 2. The van der Waals surface area contributed by atoms with E-state index >= 15 is 0 Å². The molecule has 1 amide bonds. The molecule has 0 aromatic heterocycles. The van der Waals surface area contributed by atoms with Crippen molar-refractivity contribution in [2.24, 2.45) is 0 Å². The maximum absolute atomic E-state index is 13.4. The second-order valence-corrected chi connectivity index (χ2v) is 7.55. The van der Waals surface area contributed by atoms with E-state index in [4.69, 9.17) is 16.3 Å². The summed E-state index contributed by atoms with van der Waals surface area (Å²) in [6.45, 7) is 6.12. The van der Waals surface area contributed by atoms with Gasteiger partial charge in [-0.25, -0.2) is 9.18 Å². The Morgan fingerprint density at radius 2 is 1.93 bits per heavy atom. The van der Waals surface area contributed by atoms with Gasteiger partial charge in [-0.3, -0.25) is 4.90 Å². The Kier molecular flexibility index (Phi) is 6.06. The lowest BCUT2D eigenvalue weighted by molar-refractivity contribution is -0.0529. The van der Waals surface area contributed by atoms with Crippen LogP contribution in [-0.2, 0) is 10.3 Å². The summed E-state index contributed by atoms with van der Waals surface area (Å²) in [6, 6.07) is 13.0. The van der Waals surface area contributed by atoms with Crippen molar-refractivity contribution >= 4 is 23.4 Å². The first-order valence-corrected chi connectivity index (χ1v) is 9.58. The molecule has 1 aliphatic heterocycles. The van der Waals surface area contributed by atoms with Gasteiger partial charge in [0.25, 0.3) is 0 Å². The van der Waals surface area contributed by atoms with Gasteiger partial charge in [0, 0.05) is 23.7 Å². The van der Waals surface area contributed by atoms with E-state index in [2.05, 4.69) is 6.58 Å². The summed E-state index contributed by atoms with van der Waals surface area (Å²) in [5.41, 5.74) is 1.13. The van der Waals surface area contributed by atoms with Gasteiger partial charge in [0.1, 0.15) is 11.4 Å². The first kappa shape index (κ1) is 20.4. The normalized spacial score (nSPS) is 20.6. The van der Waals surface area contributed by atoms with Crippen molar-refractivity contribution < 1.29 is 19.0 Å². The number of hydrogen-bond donors (Lipinski definition) is 1. The molecule has 6 heteroatoms. The fourth-order valence-electron chi connectivity index (χ4n) is 3.42. The van der Waals surface area contributed by atoms with E-state index in [1.165, 1.54) is 17.0 Å². The predicted molar refractivity (Wildman–Crippen MR) is 107 cm³/mol. The van der Waals surface area contributed by atoms with Crippen LogP contribution in [0, 0.1) is 5.82 Å². The van der Waals surface area contributed by atoms with Crippen LogP contribution in [0.15, 0.2) is 55.1 Å². The van der Waals surface area contributed by atoms with Crippen molar-refractivity contribution in [3.05, 3.63) is 77.1 Å². The Morgan fingerprint density at radius 1 is 1.29 bits per heavy atom. The molecule has 1 heterocycles. The molecule has 1 N–H and O–H groups in total. The summed E-state index contributed by atoms with van der Waals surface area (Å²) in [4.78, 5) is 14.4. The number of ether oxygens (including phenoxy) is 1. The lowest BCUT2D eigenvalue weighted by Gasteiger charge is -2.42. The average molecular weight is 404 g/mol. The van der Waals surface area contributed by atoms with E-state index in [9.17, 15) is 14.3 Å². The molecule has 0 bridgehead atoms. The Labute approximate surface area is 169 Å². The first-order valence-electron chi connectivity index (χ1n) is 9.20. The van der Waals surface area contributed by atoms with Gasteiger partial charge in [-0.15, -0.1) is 0 Å². The molecule has 4 nitrogen and oxygen atoms in total. The number of cyclic esters (lactones) is 1. The van der Waals surface area contributed by atoms with Crippen LogP contribution in [0.25, 0.3) is 5.70 Å². The highest BCUT2D eigenvalue weighted by molar-refractivity contribution is 6.30. The third-order valence-corrected chi connectivity index (χ3v) is 5.33. The van der Waals surface area contributed by atoms with Crippen molar-refractivity contribution in [2.75, 3.05) is 6.54 Å². The minimum Gasteiger partial charge on any atom is -0.438 e. The molecule has 0 saturated carbocycles. The summed E-state index contributed by atoms with van der Waals surface area (Å²) in [6.07, 6.45) is 0.370. The third-order valence-electron chi connectivity index (χ3n) is 5.08. The van der Waals surface area contributed by atoms with E-state index in [1.54, 1.807) is 43.3 Å². The topological polar surface area (TPSA) is 49.8 Å². The van der Waals surface area contributed by atoms with Crippen molar-refractivity contribution in [2.45, 2.75) is 37.9 Å². The fraction of sp³-hybridized carbons (Fsp3) is 0.318. The SMILES string of the molecule is C=C(c1ccc(Cl)cc1)N1CC[C@](CCC(C)O)(c2ccc(F)cc2)OC1=O. The molecule has 1 unspecified atom stereocenters. The van der Waals surface area contributed by atoms with E-state index < -0.39 is 17.8 Å². The summed E-state index contributed by atoms with van der Waals surface area (Å²) < 4.78 is 19.3. The zero-order valence-electron chi connectivity index (χ0n) is 15.7. The van der Waals surface area contributed by atoms with Crippen LogP contribution >= 0.6 is 11.6 Å². The van der Waals surface area contributed by atoms with Crippen LogP contribution in [0.1, 0.15) is 37.3 Å². The number of carbonyl (C=O) groups is 1. The molecule has 2 aromatic rings. The van der Waals surface area contributed by atoms with E-state index in [0.717, 1.165) is 11.1 Å². The summed E-state index contributed by atoms with van der Waals surface area (Å²) in [7, 11) is 0. The number of carbonyl (C=O) groups excluding carboxylic acids is 1. The van der Waals surface area contributed by atoms with Gasteiger partial charge in [-0.05, 0) is 55.2 Å². The molecule has 0 aliphatic carbocycles. The lowest BCUT2D eigenvalue weighted by Crippen LogP contribution is -2.47. The van der Waals surface area contributed by atoms with Crippen LogP contribution in [0.4, 0.5) is 9.18 Å². The van der Waals surface area contributed by atoms with Crippen molar-refractivity contribution in [1.82, 2.24) is 4.90 Å². The summed E-state index contributed by atoms with van der Waals surface area (Å²) in [5.74, 6) is -0.352. The maximum Gasteiger partial charge on any atom is 0.415 e. The van der Waals surface area contributed by atoms with Gasteiger partial charge in [0.15, 0.2) is 0 Å². The third kappa shape index (κ3) is 4.37. The van der Waals surface area contributed by atoms with Crippen molar-refractivity contribution in [1.29, 1.82) is 0 Å². The van der Waals surface area contributed by atoms with Crippen LogP contribution in [0.5, 0.6) is 0 Å². The van der Waals surface area contributed by atoms with Gasteiger partial charge >= 0.3 is 6.09 Å². The van der Waals surface area contributed by atoms with E-state index in [-0.39, 0.29) is 5.82 Å². The number of aliphatic hydroxyl groups is 1. The first-order chi connectivity index (χ1) is 13.3. The predicted octanol–water partition coefficient (Wildman–Crippen LogP) is 5.35. The Bertz CT molecular complexity index is 851. The second-order valence-electron chi connectivity index (χ2n) is 7.11. The summed E-state index contributed by atoms with van der Waals surface area (Å²) in [5, 5.41) is 10.3. The molecule has 1 saturated heterocycles. The molecular formula is C22H23ClFNO3. The largest absolute Gasteiger partial charge is 0.438 e. The van der Waals surface area contributed by atoms with E-state index in [1.807, 2.05) is 0 Å². The Morgan fingerprint density at radius 3 is 2.50 bits per heavy atom. The minimum atomic E-state index is -0.904. The molecule has 2 atom stereocenters. The zero-order chi connectivity index (χ0) is 20.3. The molecule has 148 valence electrons. The van der Waals surface area contributed by atoms with Crippen molar-refractivity contribution in [3.8, 4) is 0 Å². The molecule has 0 spiro atoms.